The smallest absolute Gasteiger partial charge is 0.268 e. The minimum absolute atomic E-state index is 0.0774. The van der Waals surface area contributed by atoms with E-state index in [0.29, 0.717) is 0 Å². The lowest BCUT2D eigenvalue weighted by molar-refractivity contribution is 0.289. The second kappa shape index (κ2) is 7.79. The number of hydrogen-bond donors (Lipinski definition) is 2. The van der Waals surface area contributed by atoms with Crippen molar-refractivity contribution in [3.05, 3.63) is 80.9 Å². The van der Waals surface area contributed by atoms with Gasteiger partial charge < -0.3 is 15.5 Å². The molecule has 0 fully saturated rings. The van der Waals surface area contributed by atoms with Crippen LogP contribution in [-0.2, 0) is 6.61 Å². The lowest BCUT2D eigenvalue weighted by Gasteiger charge is -2.11. The molecule has 9 heteroatoms. The molecule has 3 N–H and O–H groups in total. The average Bonchev–Trinajstić information content (AvgIpc) is 2.69. The monoisotopic (exact) mass is 396 g/mol. The molecule has 0 aliphatic rings. The lowest BCUT2D eigenvalue weighted by Crippen LogP contribution is -2.16. The molecule has 144 valence electrons. The van der Waals surface area contributed by atoms with Crippen molar-refractivity contribution in [1.82, 2.24) is 4.98 Å². The normalized spacial score (nSPS) is 10.2. The number of nitrogens with two attached hydrogens (primary N) is 1. The summed E-state index contributed by atoms with van der Waals surface area (Å²) in [7, 11) is 0. The van der Waals surface area contributed by atoms with Crippen LogP contribution in [0.25, 0.3) is 11.1 Å². The van der Waals surface area contributed by atoms with E-state index in [1.165, 1.54) is 18.2 Å². The number of aromatic nitrogens is 1. The Morgan fingerprint density at radius 2 is 1.69 bits per heavy atom. The molecule has 3 rings (SSSR count). The topological polar surface area (TPSA) is 116 Å². The van der Waals surface area contributed by atoms with E-state index in [2.05, 4.69) is 4.98 Å². The van der Waals surface area contributed by atoms with Gasteiger partial charge in [0.1, 0.15) is 35.7 Å². The van der Waals surface area contributed by atoms with Crippen molar-refractivity contribution in [2.45, 2.75) is 6.61 Å². The van der Waals surface area contributed by atoms with Gasteiger partial charge in [0.2, 0.25) is 0 Å². The van der Waals surface area contributed by atoms with Crippen LogP contribution >= 0.6 is 0 Å². The van der Waals surface area contributed by atoms with Crippen LogP contribution in [0, 0.1) is 40.1 Å². The maximum atomic E-state index is 14.5. The van der Waals surface area contributed by atoms with E-state index < -0.39 is 23.0 Å². The molecule has 1 aromatic heterocycles. The van der Waals surface area contributed by atoms with E-state index >= 15 is 0 Å². The van der Waals surface area contributed by atoms with Gasteiger partial charge in [-0.3, -0.25) is 4.79 Å². The first-order chi connectivity index (χ1) is 13.8. The van der Waals surface area contributed by atoms with Crippen LogP contribution in [0.4, 0.5) is 19.0 Å². The Kier molecular flexibility index (Phi) is 5.24. The van der Waals surface area contributed by atoms with Gasteiger partial charge in [-0.05, 0) is 35.4 Å². The molecule has 0 spiro atoms. The van der Waals surface area contributed by atoms with E-state index in [0.717, 1.165) is 18.2 Å². The molecule has 0 aliphatic carbocycles. The zero-order valence-electron chi connectivity index (χ0n) is 14.6. The SMILES string of the molecule is N#Cc1c(N)[nH]c(=O)c(C#N)c1-c1ccc(OCc2ccc(F)c(F)c2)c(F)c1. The molecule has 3 aromatic rings. The van der Waals surface area contributed by atoms with Crippen LogP contribution in [0.15, 0.2) is 41.2 Å². The molecule has 0 bridgehead atoms. The van der Waals surface area contributed by atoms with E-state index in [1.807, 2.05) is 0 Å². The summed E-state index contributed by atoms with van der Waals surface area (Å²) in [5.74, 6) is -3.36. The summed E-state index contributed by atoms with van der Waals surface area (Å²) in [5, 5.41) is 18.6. The van der Waals surface area contributed by atoms with Gasteiger partial charge >= 0.3 is 0 Å². The first-order valence-electron chi connectivity index (χ1n) is 8.08. The number of benzene rings is 2. The van der Waals surface area contributed by atoms with Crippen molar-refractivity contribution in [1.29, 1.82) is 10.5 Å². The van der Waals surface area contributed by atoms with Gasteiger partial charge in [-0.2, -0.15) is 10.5 Å². The number of anilines is 1. The minimum Gasteiger partial charge on any atom is -0.486 e. The number of hydrogen-bond acceptors (Lipinski definition) is 5. The maximum Gasteiger partial charge on any atom is 0.268 e. The summed E-state index contributed by atoms with van der Waals surface area (Å²) in [6.45, 7) is -0.224. The largest absolute Gasteiger partial charge is 0.486 e. The number of nitrogens with zero attached hydrogens (tertiary/aromatic N) is 2. The Balaban J connectivity index is 1.97. The first-order valence-corrected chi connectivity index (χ1v) is 8.08. The third kappa shape index (κ3) is 3.75. The summed E-state index contributed by atoms with van der Waals surface area (Å²) in [4.78, 5) is 14.1. The number of nitrogens with one attached hydrogen (secondary N) is 1. The number of rotatable bonds is 4. The number of H-pyrrole nitrogens is 1. The van der Waals surface area contributed by atoms with Gasteiger partial charge in [0.15, 0.2) is 23.2 Å². The van der Waals surface area contributed by atoms with Gasteiger partial charge in [-0.25, -0.2) is 13.2 Å². The Labute approximate surface area is 162 Å². The fourth-order valence-electron chi connectivity index (χ4n) is 2.70. The molecular weight excluding hydrogens is 385 g/mol. The van der Waals surface area contributed by atoms with Crippen LogP contribution in [0.1, 0.15) is 16.7 Å². The molecule has 0 amide bonds. The van der Waals surface area contributed by atoms with Crippen molar-refractivity contribution in [2.75, 3.05) is 5.73 Å². The fraction of sp³-hybridized carbons (Fsp3) is 0.0500. The Bertz CT molecular complexity index is 1260. The zero-order valence-corrected chi connectivity index (χ0v) is 14.6. The van der Waals surface area contributed by atoms with E-state index in [4.69, 9.17) is 10.5 Å². The Hall–Kier alpha value is -4.24. The van der Waals surface area contributed by atoms with Crippen LogP contribution in [0.2, 0.25) is 0 Å². The molecular formula is C20H11F3N4O2. The van der Waals surface area contributed by atoms with Crippen LogP contribution < -0.4 is 16.0 Å². The van der Waals surface area contributed by atoms with Crippen molar-refractivity contribution < 1.29 is 17.9 Å². The van der Waals surface area contributed by atoms with E-state index in [-0.39, 0.29) is 46.0 Å². The standard InChI is InChI=1S/C20H11F3N4O2/c21-14-3-1-10(5-15(14)22)9-29-17-4-2-11(6-16(17)23)18-12(7-24)19(26)27-20(28)13(18)8-25/h1-6H,9H2,(H3,26,27,28). The molecule has 0 unspecified atom stereocenters. The fourth-order valence-corrected chi connectivity index (χ4v) is 2.70. The summed E-state index contributed by atoms with van der Waals surface area (Å²) < 4.78 is 46.0. The molecule has 1 heterocycles. The molecule has 0 saturated carbocycles. The number of aromatic amines is 1. The number of nitriles is 2. The van der Waals surface area contributed by atoms with Crippen LogP contribution in [-0.4, -0.2) is 4.98 Å². The second-order valence-electron chi connectivity index (χ2n) is 5.90. The van der Waals surface area contributed by atoms with E-state index in [1.54, 1.807) is 12.1 Å². The van der Waals surface area contributed by atoms with Crippen molar-refractivity contribution in [3.63, 3.8) is 0 Å². The highest BCUT2D eigenvalue weighted by atomic mass is 19.2. The van der Waals surface area contributed by atoms with Crippen molar-refractivity contribution in [3.8, 4) is 29.0 Å². The van der Waals surface area contributed by atoms with Gasteiger partial charge in [-0.1, -0.05) is 12.1 Å². The molecule has 2 aromatic carbocycles. The summed E-state index contributed by atoms with van der Waals surface area (Å²) in [6, 6.07) is 10.2. The molecule has 0 radical (unpaired) electrons. The molecule has 0 aliphatic heterocycles. The minimum atomic E-state index is -1.05. The third-order valence-corrected chi connectivity index (χ3v) is 4.07. The predicted octanol–water partition coefficient (Wildman–Crippen LogP) is 3.36. The quantitative estimate of drug-likeness (QED) is 0.702. The average molecular weight is 396 g/mol. The molecule has 0 saturated heterocycles. The Morgan fingerprint density at radius 1 is 0.966 bits per heavy atom. The van der Waals surface area contributed by atoms with Gasteiger partial charge in [0.25, 0.3) is 5.56 Å². The number of pyridine rings is 1. The highest BCUT2D eigenvalue weighted by Crippen LogP contribution is 2.31. The molecule has 29 heavy (non-hydrogen) atoms. The number of ether oxygens (including phenoxy) is 1. The first kappa shape index (κ1) is 19.5. The maximum absolute atomic E-state index is 14.5. The Morgan fingerprint density at radius 3 is 2.31 bits per heavy atom. The second-order valence-corrected chi connectivity index (χ2v) is 5.90. The highest BCUT2D eigenvalue weighted by molar-refractivity contribution is 5.80. The van der Waals surface area contributed by atoms with Crippen molar-refractivity contribution in [2.24, 2.45) is 0 Å². The summed E-state index contributed by atoms with van der Waals surface area (Å²) >= 11 is 0. The third-order valence-electron chi connectivity index (χ3n) is 4.07. The van der Waals surface area contributed by atoms with Crippen LogP contribution in [0.3, 0.4) is 0 Å². The molecule has 6 nitrogen and oxygen atoms in total. The molecule has 0 atom stereocenters. The zero-order chi connectivity index (χ0) is 21.1. The summed E-state index contributed by atoms with van der Waals surface area (Å²) in [6.07, 6.45) is 0. The number of nitrogen functional groups attached to an aromatic ring is 1. The van der Waals surface area contributed by atoms with Crippen LogP contribution in [0.5, 0.6) is 5.75 Å². The summed E-state index contributed by atoms with van der Waals surface area (Å²) in [5.41, 5.74) is 4.54. The van der Waals surface area contributed by atoms with Crippen molar-refractivity contribution >= 4 is 5.82 Å². The highest BCUT2D eigenvalue weighted by Gasteiger charge is 2.19. The van der Waals surface area contributed by atoms with Gasteiger partial charge in [0, 0.05) is 5.56 Å². The number of halogens is 3. The lowest BCUT2D eigenvalue weighted by atomic mass is 9.96. The van der Waals surface area contributed by atoms with E-state index in [9.17, 15) is 28.5 Å². The predicted molar refractivity (Wildman–Crippen MR) is 97.0 cm³/mol. The van der Waals surface area contributed by atoms with Gasteiger partial charge in [0.05, 0.1) is 0 Å². The van der Waals surface area contributed by atoms with Gasteiger partial charge in [-0.15, -0.1) is 0 Å².